The molecule has 1 atom stereocenters. The second-order valence-corrected chi connectivity index (χ2v) is 9.77. The maximum atomic E-state index is 13.4. The van der Waals surface area contributed by atoms with Gasteiger partial charge in [-0.25, -0.2) is 4.39 Å². The normalized spacial score (nSPS) is 21.6. The Morgan fingerprint density at radius 1 is 1.03 bits per heavy atom. The summed E-state index contributed by atoms with van der Waals surface area (Å²) in [5.74, 6) is 1.06. The van der Waals surface area contributed by atoms with Gasteiger partial charge in [0.1, 0.15) is 29.5 Å². The smallest absolute Gasteiger partial charge is 0.222 e. The van der Waals surface area contributed by atoms with Gasteiger partial charge in [0.25, 0.3) is 0 Å². The zero-order valence-corrected chi connectivity index (χ0v) is 20.9. The van der Waals surface area contributed by atoms with Gasteiger partial charge in [0.05, 0.1) is 19.8 Å². The van der Waals surface area contributed by atoms with Gasteiger partial charge in [0.2, 0.25) is 5.91 Å². The van der Waals surface area contributed by atoms with Gasteiger partial charge in [0, 0.05) is 45.2 Å². The molecule has 1 amide bonds. The zero-order chi connectivity index (χ0) is 25.2. The van der Waals surface area contributed by atoms with Gasteiger partial charge in [0.15, 0.2) is 0 Å². The molecule has 36 heavy (non-hydrogen) atoms. The van der Waals surface area contributed by atoms with E-state index < -0.39 is 5.60 Å². The van der Waals surface area contributed by atoms with Crippen LogP contribution in [0.3, 0.4) is 0 Å². The molecule has 0 spiro atoms. The topological polar surface area (TPSA) is 71.5 Å². The number of amides is 1. The lowest BCUT2D eigenvalue weighted by atomic mass is 10.1. The summed E-state index contributed by atoms with van der Waals surface area (Å²) >= 11 is 0. The first kappa shape index (κ1) is 26.4. The number of halogens is 1. The van der Waals surface area contributed by atoms with E-state index in [9.17, 15) is 14.3 Å². The molecule has 0 bridgehead atoms. The summed E-state index contributed by atoms with van der Waals surface area (Å²) in [7, 11) is 0. The maximum absolute atomic E-state index is 13.4. The molecular formula is C28H37FN2O5. The van der Waals surface area contributed by atoms with Crippen LogP contribution in [0.25, 0.3) is 0 Å². The molecule has 0 saturated carbocycles. The molecule has 0 aliphatic carbocycles. The molecule has 2 aromatic rings. The van der Waals surface area contributed by atoms with E-state index in [2.05, 4.69) is 4.90 Å². The highest BCUT2D eigenvalue weighted by molar-refractivity contribution is 5.76. The highest BCUT2D eigenvalue weighted by Crippen LogP contribution is 2.21. The van der Waals surface area contributed by atoms with Crippen LogP contribution in [0.2, 0.25) is 0 Å². The summed E-state index contributed by atoms with van der Waals surface area (Å²) in [5.41, 5.74) is -0.132. The molecule has 1 N–H and O–H groups in total. The second kappa shape index (κ2) is 13.0. The van der Waals surface area contributed by atoms with Crippen LogP contribution >= 0.6 is 0 Å². The van der Waals surface area contributed by atoms with E-state index in [0.717, 1.165) is 50.1 Å². The van der Waals surface area contributed by atoms with Crippen molar-refractivity contribution in [2.75, 3.05) is 52.6 Å². The van der Waals surface area contributed by atoms with E-state index in [1.54, 1.807) is 12.1 Å². The fraction of sp³-hybridized carbons (Fsp3) is 0.536. The van der Waals surface area contributed by atoms with Crippen LogP contribution in [-0.2, 0) is 16.1 Å². The summed E-state index contributed by atoms with van der Waals surface area (Å²) < 4.78 is 30.7. The number of carbonyl (C=O) groups excluding carboxylic acids is 1. The van der Waals surface area contributed by atoms with Crippen LogP contribution in [0.5, 0.6) is 11.5 Å². The Kier molecular flexibility index (Phi) is 9.55. The number of β-amino-alcohol motifs (C(OH)–C–C–N with tert-alkyl or cyclic N) is 1. The summed E-state index contributed by atoms with van der Waals surface area (Å²) in [5, 5.41) is 11.1. The van der Waals surface area contributed by atoms with Crippen LogP contribution in [0.1, 0.15) is 37.7 Å². The van der Waals surface area contributed by atoms with Gasteiger partial charge in [-0.3, -0.25) is 9.69 Å². The van der Waals surface area contributed by atoms with Crippen LogP contribution < -0.4 is 9.47 Å². The van der Waals surface area contributed by atoms with Crippen molar-refractivity contribution in [3.8, 4) is 11.5 Å². The molecule has 0 radical (unpaired) electrons. The summed E-state index contributed by atoms with van der Waals surface area (Å²) in [6.45, 7) is 4.50. The van der Waals surface area contributed by atoms with Crippen molar-refractivity contribution in [1.29, 1.82) is 0 Å². The monoisotopic (exact) mass is 500 g/mol. The molecule has 7 nitrogen and oxygen atoms in total. The predicted molar refractivity (Wildman–Crippen MR) is 135 cm³/mol. The average Bonchev–Trinajstić information content (AvgIpc) is 3.18. The van der Waals surface area contributed by atoms with Crippen molar-refractivity contribution in [2.45, 2.75) is 44.2 Å². The standard InChI is InChI=1S/C28H37FN2O5/c29-24-8-5-10-26(18-24)36-22-28(33)20-30(14-16-34-21-28)19-23-7-4-9-25(17-23)35-15-6-13-31-12-3-1-2-11-27(31)32/h4-5,7-10,17-18,33H,1-3,6,11-16,19-22H2/t28-/m0/s1. The molecule has 2 heterocycles. The third-order valence-corrected chi connectivity index (χ3v) is 6.56. The summed E-state index contributed by atoms with van der Waals surface area (Å²) in [6.07, 6.45) is 4.68. The molecule has 196 valence electrons. The van der Waals surface area contributed by atoms with Gasteiger partial charge >= 0.3 is 0 Å². The quantitative estimate of drug-likeness (QED) is 0.503. The molecule has 2 aliphatic heterocycles. The number of nitrogens with zero attached hydrogens (tertiary/aromatic N) is 2. The van der Waals surface area contributed by atoms with E-state index in [-0.39, 0.29) is 24.9 Å². The van der Waals surface area contributed by atoms with Gasteiger partial charge in [-0.15, -0.1) is 0 Å². The van der Waals surface area contributed by atoms with E-state index >= 15 is 0 Å². The van der Waals surface area contributed by atoms with Crippen molar-refractivity contribution in [3.63, 3.8) is 0 Å². The minimum absolute atomic E-state index is 0.00955. The minimum atomic E-state index is -1.21. The molecule has 0 unspecified atom stereocenters. The highest BCUT2D eigenvalue weighted by atomic mass is 19.1. The van der Waals surface area contributed by atoms with E-state index in [1.165, 1.54) is 12.1 Å². The predicted octanol–water partition coefficient (Wildman–Crippen LogP) is 3.64. The number of aliphatic hydroxyl groups is 1. The minimum Gasteiger partial charge on any atom is -0.494 e. The Balaban J connectivity index is 1.26. The second-order valence-electron chi connectivity index (χ2n) is 9.77. The number of hydrogen-bond acceptors (Lipinski definition) is 6. The van der Waals surface area contributed by atoms with Crippen LogP contribution in [0, 0.1) is 5.82 Å². The lowest BCUT2D eigenvalue weighted by Crippen LogP contribution is -2.48. The third kappa shape index (κ3) is 8.18. The molecule has 2 saturated heterocycles. The molecule has 2 aromatic carbocycles. The van der Waals surface area contributed by atoms with Crippen molar-refractivity contribution in [1.82, 2.24) is 9.80 Å². The molecular weight excluding hydrogens is 463 g/mol. The molecule has 8 heteroatoms. The fourth-order valence-corrected chi connectivity index (χ4v) is 4.71. The van der Waals surface area contributed by atoms with Crippen molar-refractivity contribution in [3.05, 3.63) is 59.9 Å². The van der Waals surface area contributed by atoms with Crippen LogP contribution in [0.4, 0.5) is 4.39 Å². The number of carbonyl (C=O) groups is 1. The summed E-state index contributed by atoms with van der Waals surface area (Å²) in [6, 6.07) is 13.9. The lowest BCUT2D eigenvalue weighted by Gasteiger charge is -2.30. The molecule has 4 rings (SSSR count). The highest BCUT2D eigenvalue weighted by Gasteiger charge is 2.33. The summed E-state index contributed by atoms with van der Waals surface area (Å²) in [4.78, 5) is 16.2. The van der Waals surface area contributed by atoms with Gasteiger partial charge < -0.3 is 24.2 Å². The Hall–Kier alpha value is -2.68. The third-order valence-electron chi connectivity index (χ3n) is 6.56. The first-order chi connectivity index (χ1) is 17.5. The lowest BCUT2D eigenvalue weighted by molar-refractivity contribution is -0.130. The van der Waals surface area contributed by atoms with Gasteiger partial charge in [-0.1, -0.05) is 24.6 Å². The molecule has 2 aliphatic rings. The Morgan fingerprint density at radius 2 is 1.86 bits per heavy atom. The van der Waals surface area contributed by atoms with E-state index in [4.69, 9.17) is 14.2 Å². The van der Waals surface area contributed by atoms with Gasteiger partial charge in [-0.2, -0.15) is 0 Å². The number of likely N-dealkylation sites (tertiary alicyclic amines) is 1. The Labute approximate surface area is 212 Å². The van der Waals surface area contributed by atoms with E-state index in [0.29, 0.717) is 45.0 Å². The van der Waals surface area contributed by atoms with Crippen molar-refractivity contribution >= 4 is 5.91 Å². The molecule has 0 aromatic heterocycles. The molecule has 2 fully saturated rings. The number of benzene rings is 2. The van der Waals surface area contributed by atoms with Crippen LogP contribution in [0.15, 0.2) is 48.5 Å². The van der Waals surface area contributed by atoms with Crippen molar-refractivity contribution in [2.24, 2.45) is 0 Å². The van der Waals surface area contributed by atoms with Gasteiger partial charge in [-0.05, 0) is 49.1 Å². The van der Waals surface area contributed by atoms with Crippen molar-refractivity contribution < 1.29 is 28.5 Å². The Morgan fingerprint density at radius 3 is 2.72 bits per heavy atom. The first-order valence-corrected chi connectivity index (χ1v) is 12.9. The average molecular weight is 501 g/mol. The zero-order valence-electron chi connectivity index (χ0n) is 20.9. The fourth-order valence-electron chi connectivity index (χ4n) is 4.71. The SMILES string of the molecule is O=C1CCCCCN1CCCOc1cccc(CN2CCOC[C@](O)(COc3cccc(F)c3)C2)c1. The number of ether oxygens (including phenoxy) is 3. The number of rotatable bonds is 10. The first-order valence-electron chi connectivity index (χ1n) is 12.9. The van der Waals surface area contributed by atoms with E-state index in [1.807, 2.05) is 29.2 Å². The number of hydrogen-bond donors (Lipinski definition) is 1. The Bertz CT molecular complexity index is 990. The van der Waals surface area contributed by atoms with Crippen LogP contribution in [-0.4, -0.2) is 79.0 Å². The maximum Gasteiger partial charge on any atom is 0.222 e. The largest absolute Gasteiger partial charge is 0.494 e.